The van der Waals surface area contributed by atoms with Crippen molar-refractivity contribution in [3.63, 3.8) is 0 Å². The van der Waals surface area contributed by atoms with Gasteiger partial charge in [-0.15, -0.1) is 0 Å². The minimum absolute atomic E-state index is 0.0653. The van der Waals surface area contributed by atoms with E-state index in [9.17, 15) is 14.4 Å². The van der Waals surface area contributed by atoms with E-state index in [0.717, 1.165) is 12.8 Å². The maximum Gasteiger partial charge on any atom is 0.326 e. The standard InChI is InChI=1S/C11H19NO5/c1-2-3-4-8(14)7-10(15)12-9(5-6-13)11(16)17/h9,13H,2-7H2,1H3,(H,12,15)(H,16,17)/t9-/m0/s1. The lowest BCUT2D eigenvalue weighted by molar-refractivity contribution is -0.143. The first-order chi connectivity index (χ1) is 8.01. The Morgan fingerprint density at radius 3 is 2.41 bits per heavy atom. The molecule has 0 spiro atoms. The van der Waals surface area contributed by atoms with Crippen LogP contribution in [0.25, 0.3) is 0 Å². The average Bonchev–Trinajstić information content (AvgIpc) is 2.25. The van der Waals surface area contributed by atoms with Crippen LogP contribution < -0.4 is 5.32 Å². The fourth-order valence-electron chi connectivity index (χ4n) is 1.27. The number of carbonyl (C=O) groups excluding carboxylic acids is 2. The van der Waals surface area contributed by atoms with E-state index >= 15 is 0 Å². The van der Waals surface area contributed by atoms with Gasteiger partial charge in [0.25, 0.3) is 0 Å². The minimum atomic E-state index is -1.21. The molecule has 0 saturated heterocycles. The van der Waals surface area contributed by atoms with Crippen LogP contribution in [0, 0.1) is 0 Å². The molecular formula is C11H19NO5. The van der Waals surface area contributed by atoms with Gasteiger partial charge in [-0.05, 0) is 6.42 Å². The second-order valence-electron chi connectivity index (χ2n) is 3.79. The van der Waals surface area contributed by atoms with Gasteiger partial charge in [0.2, 0.25) is 5.91 Å². The van der Waals surface area contributed by atoms with Crippen molar-refractivity contribution in [2.24, 2.45) is 0 Å². The smallest absolute Gasteiger partial charge is 0.326 e. The molecule has 0 aromatic heterocycles. The van der Waals surface area contributed by atoms with Gasteiger partial charge in [0.1, 0.15) is 11.8 Å². The maximum absolute atomic E-state index is 11.3. The van der Waals surface area contributed by atoms with E-state index in [-0.39, 0.29) is 25.2 Å². The number of ketones is 1. The number of carboxylic acid groups (broad SMARTS) is 1. The largest absolute Gasteiger partial charge is 0.480 e. The Morgan fingerprint density at radius 1 is 1.29 bits per heavy atom. The highest BCUT2D eigenvalue weighted by Gasteiger charge is 2.20. The van der Waals surface area contributed by atoms with Crippen molar-refractivity contribution in [3.05, 3.63) is 0 Å². The zero-order chi connectivity index (χ0) is 13.3. The minimum Gasteiger partial charge on any atom is -0.480 e. The predicted octanol–water partition coefficient (Wildman–Crippen LogP) is 0.0876. The van der Waals surface area contributed by atoms with Crippen LogP contribution in [0.15, 0.2) is 0 Å². The van der Waals surface area contributed by atoms with E-state index in [0.29, 0.717) is 6.42 Å². The van der Waals surface area contributed by atoms with Crippen LogP contribution >= 0.6 is 0 Å². The summed E-state index contributed by atoms with van der Waals surface area (Å²) < 4.78 is 0. The van der Waals surface area contributed by atoms with Gasteiger partial charge >= 0.3 is 5.97 Å². The topological polar surface area (TPSA) is 104 Å². The Balaban J connectivity index is 4.05. The molecule has 3 N–H and O–H groups in total. The van der Waals surface area contributed by atoms with Crippen LogP contribution in [-0.4, -0.2) is 40.5 Å². The van der Waals surface area contributed by atoms with Gasteiger partial charge in [0.15, 0.2) is 0 Å². The van der Waals surface area contributed by atoms with Crippen molar-refractivity contribution >= 4 is 17.7 Å². The van der Waals surface area contributed by atoms with Crippen LogP contribution in [0.5, 0.6) is 0 Å². The van der Waals surface area contributed by atoms with Gasteiger partial charge in [-0.25, -0.2) is 4.79 Å². The average molecular weight is 245 g/mol. The lowest BCUT2D eigenvalue weighted by atomic mass is 10.1. The van der Waals surface area contributed by atoms with E-state index in [1.54, 1.807) is 0 Å². The van der Waals surface area contributed by atoms with E-state index in [4.69, 9.17) is 10.2 Å². The Hall–Kier alpha value is -1.43. The number of unbranched alkanes of at least 4 members (excludes halogenated alkanes) is 1. The van der Waals surface area contributed by atoms with E-state index < -0.39 is 17.9 Å². The van der Waals surface area contributed by atoms with Crippen molar-refractivity contribution in [1.82, 2.24) is 5.32 Å². The Bertz CT molecular complexity index is 277. The number of amides is 1. The van der Waals surface area contributed by atoms with Crippen LogP contribution in [0.2, 0.25) is 0 Å². The zero-order valence-electron chi connectivity index (χ0n) is 9.94. The van der Waals surface area contributed by atoms with Crippen molar-refractivity contribution < 1.29 is 24.6 Å². The van der Waals surface area contributed by atoms with Crippen LogP contribution in [0.1, 0.15) is 39.0 Å². The van der Waals surface area contributed by atoms with E-state index in [2.05, 4.69) is 5.32 Å². The fourth-order valence-corrected chi connectivity index (χ4v) is 1.27. The molecule has 17 heavy (non-hydrogen) atoms. The molecule has 0 heterocycles. The third kappa shape index (κ3) is 7.46. The molecule has 1 atom stereocenters. The highest BCUT2D eigenvalue weighted by Crippen LogP contribution is 1.99. The molecule has 0 aliphatic carbocycles. The Labute approximate surface area is 100 Å². The van der Waals surface area contributed by atoms with Gasteiger partial charge < -0.3 is 15.5 Å². The SMILES string of the molecule is CCCCC(=O)CC(=O)N[C@@H](CCO)C(=O)O. The van der Waals surface area contributed by atoms with Gasteiger partial charge in [-0.3, -0.25) is 9.59 Å². The number of aliphatic carboxylic acids is 1. The fraction of sp³-hybridized carbons (Fsp3) is 0.727. The van der Waals surface area contributed by atoms with Gasteiger partial charge in [0.05, 0.1) is 6.42 Å². The molecule has 1 amide bonds. The maximum atomic E-state index is 11.3. The zero-order valence-corrected chi connectivity index (χ0v) is 9.94. The van der Waals surface area contributed by atoms with Gasteiger partial charge in [-0.2, -0.15) is 0 Å². The first kappa shape index (κ1) is 15.6. The molecule has 0 unspecified atom stereocenters. The summed E-state index contributed by atoms with van der Waals surface area (Å²) in [4.78, 5) is 33.3. The second kappa shape index (κ2) is 8.69. The summed E-state index contributed by atoms with van der Waals surface area (Å²) in [5, 5.41) is 19.5. The summed E-state index contributed by atoms with van der Waals surface area (Å²) in [7, 11) is 0. The van der Waals surface area contributed by atoms with Crippen LogP contribution in [-0.2, 0) is 14.4 Å². The molecular weight excluding hydrogens is 226 g/mol. The molecule has 6 nitrogen and oxygen atoms in total. The lowest BCUT2D eigenvalue weighted by Gasteiger charge is -2.12. The molecule has 0 radical (unpaired) electrons. The van der Waals surface area contributed by atoms with Crippen molar-refractivity contribution in [3.8, 4) is 0 Å². The molecule has 0 bridgehead atoms. The molecule has 0 aliphatic rings. The number of hydrogen-bond acceptors (Lipinski definition) is 4. The van der Waals surface area contributed by atoms with Gasteiger partial charge in [0, 0.05) is 19.4 Å². The summed E-state index contributed by atoms with van der Waals surface area (Å²) >= 11 is 0. The highest BCUT2D eigenvalue weighted by molar-refractivity contribution is 5.99. The first-order valence-corrected chi connectivity index (χ1v) is 5.66. The lowest BCUT2D eigenvalue weighted by Crippen LogP contribution is -2.42. The molecule has 98 valence electrons. The molecule has 0 aromatic rings. The van der Waals surface area contributed by atoms with E-state index in [1.807, 2.05) is 6.92 Å². The predicted molar refractivity (Wildman–Crippen MR) is 60.4 cm³/mol. The van der Waals surface area contributed by atoms with Crippen LogP contribution in [0.3, 0.4) is 0 Å². The van der Waals surface area contributed by atoms with Crippen LogP contribution in [0.4, 0.5) is 0 Å². The first-order valence-electron chi connectivity index (χ1n) is 5.66. The normalized spacial score (nSPS) is 11.9. The quantitative estimate of drug-likeness (QED) is 0.499. The third-order valence-electron chi connectivity index (χ3n) is 2.22. The summed E-state index contributed by atoms with van der Waals surface area (Å²) in [6.07, 6.45) is 1.57. The number of rotatable bonds is 9. The number of aliphatic hydroxyl groups excluding tert-OH is 1. The van der Waals surface area contributed by atoms with Gasteiger partial charge in [-0.1, -0.05) is 13.3 Å². The second-order valence-corrected chi connectivity index (χ2v) is 3.79. The summed E-state index contributed by atoms with van der Waals surface area (Å²) in [6.45, 7) is 1.61. The summed E-state index contributed by atoms with van der Waals surface area (Å²) in [5.41, 5.74) is 0. The summed E-state index contributed by atoms with van der Waals surface area (Å²) in [6, 6.07) is -1.13. The van der Waals surface area contributed by atoms with E-state index in [1.165, 1.54) is 0 Å². The third-order valence-corrected chi connectivity index (χ3v) is 2.22. The van der Waals surface area contributed by atoms with Crippen molar-refractivity contribution in [2.75, 3.05) is 6.61 Å². The number of aliphatic hydroxyl groups is 1. The highest BCUT2D eigenvalue weighted by atomic mass is 16.4. The molecule has 0 aliphatic heterocycles. The Morgan fingerprint density at radius 2 is 1.94 bits per heavy atom. The van der Waals surface area contributed by atoms with Crippen molar-refractivity contribution in [2.45, 2.75) is 45.1 Å². The summed E-state index contributed by atoms with van der Waals surface area (Å²) in [5.74, 6) is -2.02. The monoisotopic (exact) mass is 245 g/mol. The molecule has 6 heteroatoms. The number of carboxylic acids is 1. The molecule has 0 aromatic carbocycles. The molecule has 0 fully saturated rings. The van der Waals surface area contributed by atoms with Crippen molar-refractivity contribution in [1.29, 1.82) is 0 Å². The Kier molecular flexibility index (Phi) is 7.96. The number of Topliss-reactive ketones (excluding diaryl/α,β-unsaturated/α-hetero) is 1. The number of hydrogen-bond donors (Lipinski definition) is 3. The molecule has 0 saturated carbocycles. The molecule has 0 rings (SSSR count). The number of carbonyl (C=O) groups is 3. The number of nitrogens with one attached hydrogen (secondary N) is 1.